The third-order valence-electron chi connectivity index (χ3n) is 2.24. The molecular formula is C11H17FN4O2. The predicted octanol–water partition coefficient (Wildman–Crippen LogP) is 0.353. The largest absolute Gasteiger partial charge is 0.383 e. The minimum atomic E-state index is -0.510. The lowest BCUT2D eigenvalue weighted by Gasteiger charge is -2.08. The van der Waals surface area contributed by atoms with Crippen molar-refractivity contribution in [2.45, 2.75) is 13.3 Å². The Bertz CT molecular complexity index is 401. The lowest BCUT2D eigenvalue weighted by Crippen LogP contribution is -2.32. The topological polar surface area (TPSA) is 76.1 Å². The number of anilines is 1. The zero-order chi connectivity index (χ0) is 13.4. The van der Waals surface area contributed by atoms with Crippen LogP contribution < -0.4 is 10.6 Å². The molecule has 1 heterocycles. The molecule has 0 aliphatic heterocycles. The molecule has 0 atom stereocenters. The summed E-state index contributed by atoms with van der Waals surface area (Å²) in [6.45, 7) is 2.62. The van der Waals surface area contributed by atoms with Crippen molar-refractivity contribution in [3.8, 4) is 0 Å². The third kappa shape index (κ3) is 4.25. The minimum Gasteiger partial charge on any atom is -0.383 e. The minimum absolute atomic E-state index is 0.0409. The average Bonchev–Trinajstić information content (AvgIpc) is 2.38. The number of methoxy groups -OCH3 is 1. The Morgan fingerprint density at radius 2 is 2.28 bits per heavy atom. The van der Waals surface area contributed by atoms with E-state index in [1.54, 1.807) is 14.0 Å². The number of halogens is 1. The molecule has 100 valence electrons. The van der Waals surface area contributed by atoms with Crippen LogP contribution in [0.15, 0.2) is 6.33 Å². The van der Waals surface area contributed by atoms with E-state index in [1.807, 2.05) is 0 Å². The van der Waals surface area contributed by atoms with Gasteiger partial charge in [0.1, 0.15) is 6.33 Å². The molecule has 0 unspecified atom stereocenters. The molecule has 0 radical (unpaired) electrons. The van der Waals surface area contributed by atoms with Gasteiger partial charge in [0.25, 0.3) is 0 Å². The number of rotatable bonds is 7. The van der Waals surface area contributed by atoms with Crippen LogP contribution in [0.1, 0.15) is 12.6 Å². The Morgan fingerprint density at radius 3 is 2.94 bits per heavy atom. The Kier molecular flexibility index (Phi) is 5.99. The molecule has 18 heavy (non-hydrogen) atoms. The molecular weight excluding hydrogens is 239 g/mol. The van der Waals surface area contributed by atoms with Crippen molar-refractivity contribution in [1.82, 2.24) is 15.3 Å². The second-order valence-corrected chi connectivity index (χ2v) is 3.53. The zero-order valence-corrected chi connectivity index (χ0v) is 10.5. The van der Waals surface area contributed by atoms with E-state index >= 15 is 0 Å². The smallest absolute Gasteiger partial charge is 0.239 e. The summed E-state index contributed by atoms with van der Waals surface area (Å²) in [5, 5.41) is 5.24. The summed E-state index contributed by atoms with van der Waals surface area (Å²) in [5.41, 5.74) is 0.326. The molecule has 0 fully saturated rings. The van der Waals surface area contributed by atoms with Crippen LogP contribution in [0.2, 0.25) is 0 Å². The molecule has 0 saturated heterocycles. The molecule has 6 nitrogen and oxygen atoms in total. The highest BCUT2D eigenvalue weighted by Gasteiger charge is 2.10. The predicted molar refractivity (Wildman–Crippen MR) is 64.7 cm³/mol. The fourth-order valence-electron chi connectivity index (χ4n) is 1.30. The van der Waals surface area contributed by atoms with Gasteiger partial charge in [-0.1, -0.05) is 6.92 Å². The average molecular weight is 256 g/mol. The first-order chi connectivity index (χ1) is 8.69. The lowest BCUT2D eigenvalue weighted by molar-refractivity contribution is -0.119. The first-order valence-electron chi connectivity index (χ1n) is 5.67. The summed E-state index contributed by atoms with van der Waals surface area (Å²) in [6.07, 6.45) is 1.75. The second kappa shape index (κ2) is 7.54. The van der Waals surface area contributed by atoms with Gasteiger partial charge in [-0.15, -0.1) is 0 Å². The van der Waals surface area contributed by atoms with Crippen LogP contribution in [0.4, 0.5) is 10.2 Å². The van der Waals surface area contributed by atoms with Crippen molar-refractivity contribution in [2.75, 3.05) is 32.1 Å². The van der Waals surface area contributed by atoms with E-state index in [-0.39, 0.29) is 18.3 Å². The van der Waals surface area contributed by atoms with Crippen LogP contribution in [0, 0.1) is 5.82 Å². The quantitative estimate of drug-likeness (QED) is 0.689. The molecule has 0 saturated carbocycles. The van der Waals surface area contributed by atoms with Gasteiger partial charge in [0, 0.05) is 13.7 Å². The van der Waals surface area contributed by atoms with Gasteiger partial charge in [-0.05, 0) is 6.42 Å². The van der Waals surface area contributed by atoms with Gasteiger partial charge in [0.2, 0.25) is 5.91 Å². The van der Waals surface area contributed by atoms with Crippen LogP contribution in [0.25, 0.3) is 0 Å². The Labute approximate surface area is 105 Å². The fourth-order valence-corrected chi connectivity index (χ4v) is 1.30. The molecule has 0 bridgehead atoms. The Hall–Kier alpha value is -1.76. The van der Waals surface area contributed by atoms with E-state index in [2.05, 4.69) is 20.6 Å². The van der Waals surface area contributed by atoms with E-state index in [9.17, 15) is 9.18 Å². The van der Waals surface area contributed by atoms with E-state index < -0.39 is 5.82 Å². The monoisotopic (exact) mass is 256 g/mol. The first-order valence-corrected chi connectivity index (χ1v) is 5.67. The summed E-state index contributed by atoms with van der Waals surface area (Å²) in [4.78, 5) is 18.9. The molecule has 1 aromatic rings. The molecule has 0 aliphatic carbocycles. The number of aryl methyl sites for hydroxylation is 1. The molecule has 0 aromatic carbocycles. The van der Waals surface area contributed by atoms with Crippen molar-refractivity contribution >= 4 is 11.7 Å². The maximum absolute atomic E-state index is 13.7. The maximum atomic E-state index is 13.7. The molecule has 0 spiro atoms. The maximum Gasteiger partial charge on any atom is 0.239 e. The summed E-state index contributed by atoms with van der Waals surface area (Å²) >= 11 is 0. The number of nitrogens with zero attached hydrogens (tertiary/aromatic N) is 2. The third-order valence-corrected chi connectivity index (χ3v) is 2.24. The Balaban J connectivity index is 2.46. The van der Waals surface area contributed by atoms with Gasteiger partial charge in [0.05, 0.1) is 18.8 Å². The van der Waals surface area contributed by atoms with Gasteiger partial charge in [0.15, 0.2) is 11.6 Å². The van der Waals surface area contributed by atoms with Gasteiger partial charge in [-0.25, -0.2) is 14.4 Å². The van der Waals surface area contributed by atoms with Gasteiger partial charge in [-0.2, -0.15) is 0 Å². The highest BCUT2D eigenvalue weighted by Crippen LogP contribution is 2.12. The second-order valence-electron chi connectivity index (χ2n) is 3.53. The highest BCUT2D eigenvalue weighted by molar-refractivity contribution is 5.80. The number of hydrogen-bond acceptors (Lipinski definition) is 5. The molecule has 0 aliphatic rings. The highest BCUT2D eigenvalue weighted by atomic mass is 19.1. The van der Waals surface area contributed by atoms with Crippen LogP contribution in [0.5, 0.6) is 0 Å². The van der Waals surface area contributed by atoms with Crippen LogP contribution in [0.3, 0.4) is 0 Å². The summed E-state index contributed by atoms with van der Waals surface area (Å²) in [7, 11) is 1.55. The molecule has 1 amide bonds. The number of aromatic nitrogens is 2. The number of nitrogens with one attached hydrogen (secondary N) is 2. The van der Waals surface area contributed by atoms with Crippen molar-refractivity contribution in [1.29, 1.82) is 0 Å². The number of hydrogen-bond donors (Lipinski definition) is 2. The van der Waals surface area contributed by atoms with Crippen molar-refractivity contribution < 1.29 is 13.9 Å². The number of carbonyl (C=O) groups excluding carboxylic acids is 1. The standard InChI is InChI=1S/C11H17FN4O2/c1-3-8-10(12)11(16-7-15-8)14-6-9(17)13-4-5-18-2/h7H,3-6H2,1-2H3,(H,13,17)(H,14,15,16). The summed E-state index contributed by atoms with van der Waals surface area (Å²) in [6, 6.07) is 0. The SMILES string of the molecule is CCc1ncnc(NCC(=O)NCCOC)c1F. The molecule has 1 rings (SSSR count). The summed E-state index contributed by atoms with van der Waals surface area (Å²) in [5.74, 6) is -0.712. The van der Waals surface area contributed by atoms with E-state index in [0.717, 1.165) is 0 Å². The zero-order valence-electron chi connectivity index (χ0n) is 10.5. The van der Waals surface area contributed by atoms with Crippen LogP contribution in [-0.2, 0) is 16.0 Å². The van der Waals surface area contributed by atoms with E-state index in [4.69, 9.17) is 4.74 Å². The fraction of sp³-hybridized carbons (Fsp3) is 0.545. The first kappa shape index (κ1) is 14.3. The number of ether oxygens (including phenoxy) is 1. The number of amides is 1. The van der Waals surface area contributed by atoms with Gasteiger partial charge >= 0.3 is 0 Å². The molecule has 7 heteroatoms. The van der Waals surface area contributed by atoms with E-state index in [0.29, 0.717) is 25.3 Å². The van der Waals surface area contributed by atoms with Gasteiger partial charge < -0.3 is 15.4 Å². The van der Waals surface area contributed by atoms with Crippen molar-refractivity contribution in [3.05, 3.63) is 17.8 Å². The molecule has 1 aromatic heterocycles. The van der Waals surface area contributed by atoms with E-state index in [1.165, 1.54) is 6.33 Å². The lowest BCUT2D eigenvalue weighted by atomic mass is 10.3. The van der Waals surface area contributed by atoms with Crippen LogP contribution in [-0.4, -0.2) is 42.7 Å². The van der Waals surface area contributed by atoms with Crippen molar-refractivity contribution in [3.63, 3.8) is 0 Å². The normalized spacial score (nSPS) is 10.2. The van der Waals surface area contributed by atoms with Gasteiger partial charge in [-0.3, -0.25) is 4.79 Å². The number of carbonyl (C=O) groups is 1. The van der Waals surface area contributed by atoms with Crippen molar-refractivity contribution in [2.24, 2.45) is 0 Å². The summed E-state index contributed by atoms with van der Waals surface area (Å²) < 4.78 is 18.5. The molecule has 2 N–H and O–H groups in total. The van der Waals surface area contributed by atoms with Crippen LogP contribution >= 0.6 is 0 Å². The Morgan fingerprint density at radius 1 is 1.50 bits per heavy atom.